The molecule has 1 aliphatic rings. The fraction of sp³-hybridized carbons (Fsp3) is 0.333. The molecule has 30 heavy (non-hydrogen) atoms. The van der Waals surface area contributed by atoms with Crippen molar-refractivity contribution >= 4 is 23.0 Å². The smallest absolute Gasteiger partial charge is 0.174 e. The Morgan fingerprint density at radius 3 is 2.40 bits per heavy atom. The molecular weight excluding hydrogens is 392 g/mol. The van der Waals surface area contributed by atoms with Gasteiger partial charge in [-0.3, -0.25) is 4.98 Å². The summed E-state index contributed by atoms with van der Waals surface area (Å²) in [5, 5.41) is 4.24. The zero-order valence-electron chi connectivity index (χ0n) is 18.1. The Hall–Kier alpha value is -2.86. The van der Waals surface area contributed by atoms with Crippen molar-refractivity contribution < 1.29 is 4.74 Å². The van der Waals surface area contributed by atoms with E-state index in [1.807, 2.05) is 30.5 Å². The van der Waals surface area contributed by atoms with E-state index in [1.54, 1.807) is 7.11 Å². The predicted octanol–water partition coefficient (Wildman–Crippen LogP) is 5.27. The Bertz CT molecular complexity index is 1040. The monoisotopic (exact) mass is 420 g/mol. The summed E-state index contributed by atoms with van der Waals surface area (Å²) in [6, 6.07) is 16.7. The first-order chi connectivity index (χ1) is 14.4. The standard InChI is InChI=1S/C24H28N4OS/c1-15(2)27-16(3)14-20(17(27)4)23-22(21-8-6-7-13-25-21)26-24(30)28(23)18-9-11-19(29-5)12-10-18/h6-15,22-23H,1-5H3,(H,26,30)/t22-,23+/m0/s1. The van der Waals surface area contributed by atoms with Gasteiger partial charge in [0.2, 0.25) is 0 Å². The van der Waals surface area contributed by atoms with Crippen LogP contribution in [0, 0.1) is 13.8 Å². The van der Waals surface area contributed by atoms with Gasteiger partial charge in [0.25, 0.3) is 0 Å². The maximum absolute atomic E-state index is 5.82. The van der Waals surface area contributed by atoms with Crippen LogP contribution in [0.15, 0.2) is 54.7 Å². The van der Waals surface area contributed by atoms with Crippen molar-refractivity contribution in [1.29, 1.82) is 0 Å². The van der Waals surface area contributed by atoms with Crippen molar-refractivity contribution in [1.82, 2.24) is 14.9 Å². The molecule has 6 heteroatoms. The van der Waals surface area contributed by atoms with Gasteiger partial charge < -0.3 is 19.5 Å². The average Bonchev–Trinajstić information content (AvgIpc) is 3.24. The van der Waals surface area contributed by atoms with Crippen LogP contribution < -0.4 is 15.0 Å². The number of benzene rings is 1. The first-order valence-electron chi connectivity index (χ1n) is 10.3. The minimum Gasteiger partial charge on any atom is -0.497 e. The van der Waals surface area contributed by atoms with E-state index in [0.29, 0.717) is 11.2 Å². The molecule has 0 unspecified atom stereocenters. The van der Waals surface area contributed by atoms with Crippen LogP contribution in [0.25, 0.3) is 0 Å². The Labute approximate surface area is 183 Å². The second kappa shape index (κ2) is 8.11. The molecule has 0 aliphatic carbocycles. The lowest BCUT2D eigenvalue weighted by Gasteiger charge is -2.28. The van der Waals surface area contributed by atoms with Crippen molar-refractivity contribution in [2.45, 2.75) is 45.8 Å². The van der Waals surface area contributed by atoms with Crippen LogP contribution in [-0.2, 0) is 0 Å². The SMILES string of the molecule is COc1ccc(N2C(=S)N[C@@H](c3ccccn3)[C@H]2c2cc(C)n(C(C)C)c2C)cc1. The van der Waals surface area contributed by atoms with Crippen molar-refractivity contribution in [3.05, 3.63) is 77.4 Å². The number of aromatic nitrogens is 2. The first kappa shape index (κ1) is 20.4. The van der Waals surface area contributed by atoms with Gasteiger partial charge in [0, 0.05) is 29.3 Å². The van der Waals surface area contributed by atoms with Gasteiger partial charge in [-0.2, -0.15) is 0 Å². The molecule has 1 aliphatic heterocycles. The van der Waals surface area contributed by atoms with E-state index in [0.717, 1.165) is 17.1 Å². The van der Waals surface area contributed by atoms with E-state index in [9.17, 15) is 0 Å². The maximum atomic E-state index is 5.82. The number of pyridine rings is 1. The van der Waals surface area contributed by atoms with Crippen LogP contribution in [0.3, 0.4) is 0 Å². The van der Waals surface area contributed by atoms with Crippen molar-refractivity contribution in [3.63, 3.8) is 0 Å². The maximum Gasteiger partial charge on any atom is 0.174 e. The molecule has 1 fully saturated rings. The van der Waals surface area contributed by atoms with Gasteiger partial charge in [-0.25, -0.2) is 0 Å². The minimum absolute atomic E-state index is 0.000468. The highest BCUT2D eigenvalue weighted by Crippen LogP contribution is 2.43. The van der Waals surface area contributed by atoms with Crippen molar-refractivity contribution in [2.24, 2.45) is 0 Å². The molecule has 0 amide bonds. The number of nitrogens with one attached hydrogen (secondary N) is 1. The van der Waals surface area contributed by atoms with E-state index < -0.39 is 0 Å². The Kier molecular flexibility index (Phi) is 5.52. The largest absolute Gasteiger partial charge is 0.497 e. The van der Waals surface area contributed by atoms with E-state index in [2.05, 4.69) is 71.7 Å². The lowest BCUT2D eigenvalue weighted by molar-refractivity contribution is 0.415. The fourth-order valence-corrected chi connectivity index (χ4v) is 4.93. The summed E-state index contributed by atoms with van der Waals surface area (Å²) in [5.41, 5.74) is 5.80. The number of aryl methyl sites for hydroxylation is 1. The summed E-state index contributed by atoms with van der Waals surface area (Å²) in [7, 11) is 1.68. The number of thiocarbonyl (C=S) groups is 1. The normalized spacial score (nSPS) is 18.7. The highest BCUT2D eigenvalue weighted by molar-refractivity contribution is 7.80. The molecule has 1 saturated heterocycles. The van der Waals surface area contributed by atoms with Gasteiger partial charge in [-0.15, -0.1) is 0 Å². The van der Waals surface area contributed by atoms with Crippen LogP contribution >= 0.6 is 12.2 Å². The predicted molar refractivity (Wildman–Crippen MR) is 125 cm³/mol. The molecule has 2 aromatic heterocycles. The number of hydrogen-bond acceptors (Lipinski definition) is 3. The summed E-state index contributed by atoms with van der Waals surface area (Å²) in [4.78, 5) is 6.85. The quantitative estimate of drug-likeness (QED) is 0.570. The summed E-state index contributed by atoms with van der Waals surface area (Å²) in [5.74, 6) is 0.827. The number of ether oxygens (including phenoxy) is 1. The second-order valence-electron chi connectivity index (χ2n) is 7.98. The summed E-state index contributed by atoms with van der Waals surface area (Å²) < 4.78 is 7.73. The molecule has 0 bridgehead atoms. The zero-order valence-corrected chi connectivity index (χ0v) is 18.9. The lowest BCUT2D eigenvalue weighted by atomic mass is 9.96. The summed E-state index contributed by atoms with van der Waals surface area (Å²) in [6.07, 6.45) is 1.84. The molecule has 0 spiro atoms. The molecular formula is C24H28N4OS. The minimum atomic E-state index is -0.0399. The van der Waals surface area contributed by atoms with Crippen molar-refractivity contribution in [3.8, 4) is 5.75 Å². The highest BCUT2D eigenvalue weighted by Gasteiger charge is 2.42. The first-order valence-corrected chi connectivity index (χ1v) is 10.7. The molecule has 2 atom stereocenters. The number of rotatable bonds is 5. The third-order valence-electron chi connectivity index (χ3n) is 5.81. The number of anilines is 1. The molecule has 3 heterocycles. The molecule has 156 valence electrons. The van der Waals surface area contributed by atoms with E-state index in [1.165, 1.54) is 17.0 Å². The van der Waals surface area contributed by atoms with Gasteiger partial charge >= 0.3 is 0 Å². The Morgan fingerprint density at radius 2 is 1.83 bits per heavy atom. The zero-order chi connectivity index (χ0) is 21.4. The average molecular weight is 421 g/mol. The summed E-state index contributed by atoms with van der Waals surface area (Å²) in [6.45, 7) is 8.81. The van der Waals surface area contributed by atoms with Gasteiger partial charge in [-0.1, -0.05) is 6.07 Å². The van der Waals surface area contributed by atoms with Crippen LogP contribution in [-0.4, -0.2) is 21.8 Å². The lowest BCUT2D eigenvalue weighted by Crippen LogP contribution is -2.29. The Balaban J connectivity index is 1.87. The summed E-state index contributed by atoms with van der Waals surface area (Å²) >= 11 is 5.82. The second-order valence-corrected chi connectivity index (χ2v) is 8.37. The molecule has 3 aromatic rings. The van der Waals surface area contributed by atoms with E-state index >= 15 is 0 Å². The molecule has 1 N–H and O–H groups in total. The van der Waals surface area contributed by atoms with Crippen LogP contribution in [0.4, 0.5) is 5.69 Å². The van der Waals surface area contributed by atoms with Crippen LogP contribution in [0.2, 0.25) is 0 Å². The Morgan fingerprint density at radius 1 is 1.10 bits per heavy atom. The van der Waals surface area contributed by atoms with E-state index in [4.69, 9.17) is 17.0 Å². The fourth-order valence-electron chi connectivity index (χ4n) is 4.59. The topological polar surface area (TPSA) is 42.3 Å². The molecule has 5 nitrogen and oxygen atoms in total. The van der Waals surface area contributed by atoms with Gasteiger partial charge in [0.1, 0.15) is 5.75 Å². The van der Waals surface area contributed by atoms with Gasteiger partial charge in [0.05, 0.1) is 24.9 Å². The van der Waals surface area contributed by atoms with Gasteiger partial charge in [-0.05, 0) is 87.9 Å². The number of methoxy groups -OCH3 is 1. The number of hydrogen-bond donors (Lipinski definition) is 1. The molecule has 0 saturated carbocycles. The van der Waals surface area contributed by atoms with Crippen molar-refractivity contribution in [2.75, 3.05) is 12.0 Å². The third-order valence-corrected chi connectivity index (χ3v) is 6.12. The number of nitrogens with zero attached hydrogens (tertiary/aromatic N) is 3. The molecule has 1 aromatic carbocycles. The third kappa shape index (κ3) is 3.45. The molecule has 4 rings (SSSR count). The van der Waals surface area contributed by atoms with Gasteiger partial charge in [0.15, 0.2) is 5.11 Å². The highest BCUT2D eigenvalue weighted by atomic mass is 32.1. The van der Waals surface area contributed by atoms with Crippen LogP contribution in [0.5, 0.6) is 5.75 Å². The van der Waals surface area contributed by atoms with E-state index in [-0.39, 0.29) is 12.1 Å². The molecule has 0 radical (unpaired) electrons. The van der Waals surface area contributed by atoms with Crippen LogP contribution in [0.1, 0.15) is 54.6 Å².